The summed E-state index contributed by atoms with van der Waals surface area (Å²) in [5.41, 5.74) is 0.558. The molecule has 1 aliphatic heterocycles. The number of hydrogen-bond donors (Lipinski definition) is 1. The SMILES string of the molecule is O=C(Nc1ccccc1S(=O)(=O)N1CCCCC1)c1ccc(Cl)nc1. The second-order valence-corrected chi connectivity index (χ2v) is 8.08. The first-order valence-corrected chi connectivity index (χ1v) is 9.82. The molecule has 1 N–H and O–H groups in total. The number of carbonyl (C=O) groups is 1. The molecule has 0 saturated carbocycles. The van der Waals surface area contributed by atoms with E-state index in [0.29, 0.717) is 18.7 Å². The number of rotatable bonds is 4. The zero-order chi connectivity index (χ0) is 17.9. The van der Waals surface area contributed by atoms with Crippen LogP contribution in [0.4, 0.5) is 5.69 Å². The van der Waals surface area contributed by atoms with Crippen molar-refractivity contribution >= 4 is 33.2 Å². The first kappa shape index (κ1) is 17.8. The zero-order valence-electron chi connectivity index (χ0n) is 13.5. The van der Waals surface area contributed by atoms with Gasteiger partial charge in [-0.05, 0) is 37.1 Å². The van der Waals surface area contributed by atoms with Crippen LogP contribution in [0.5, 0.6) is 0 Å². The van der Waals surface area contributed by atoms with E-state index in [9.17, 15) is 13.2 Å². The molecule has 8 heteroatoms. The number of para-hydroxylation sites is 1. The molecule has 0 bridgehead atoms. The van der Waals surface area contributed by atoms with E-state index >= 15 is 0 Å². The standard InChI is InChI=1S/C17H18ClN3O3S/c18-16-9-8-13(12-19-16)17(22)20-14-6-2-3-7-15(14)25(23,24)21-10-4-1-5-11-21/h2-3,6-9,12H,1,4-5,10-11H2,(H,20,22). The number of carbonyl (C=O) groups excluding carboxylic acids is 1. The Labute approximate surface area is 151 Å². The van der Waals surface area contributed by atoms with Crippen molar-refractivity contribution in [2.24, 2.45) is 0 Å². The molecule has 0 spiro atoms. The van der Waals surface area contributed by atoms with Gasteiger partial charge in [0.25, 0.3) is 5.91 Å². The van der Waals surface area contributed by atoms with Gasteiger partial charge in [-0.1, -0.05) is 30.2 Å². The van der Waals surface area contributed by atoms with Crippen LogP contribution >= 0.6 is 11.6 Å². The van der Waals surface area contributed by atoms with Crippen LogP contribution in [0.1, 0.15) is 29.6 Å². The number of halogens is 1. The number of piperidine rings is 1. The maximum atomic E-state index is 12.9. The van der Waals surface area contributed by atoms with Crippen molar-refractivity contribution in [3.05, 3.63) is 53.3 Å². The lowest BCUT2D eigenvalue weighted by molar-refractivity contribution is 0.102. The fourth-order valence-corrected chi connectivity index (χ4v) is 4.52. The van der Waals surface area contributed by atoms with E-state index in [0.717, 1.165) is 19.3 Å². The first-order chi connectivity index (χ1) is 12.0. The maximum absolute atomic E-state index is 12.9. The van der Waals surface area contributed by atoms with Gasteiger partial charge in [-0.2, -0.15) is 4.31 Å². The van der Waals surface area contributed by atoms with Crippen LogP contribution in [-0.4, -0.2) is 36.7 Å². The number of nitrogens with zero attached hydrogens (tertiary/aromatic N) is 2. The van der Waals surface area contributed by atoms with Crippen molar-refractivity contribution < 1.29 is 13.2 Å². The van der Waals surface area contributed by atoms with Gasteiger partial charge < -0.3 is 5.32 Å². The molecular weight excluding hydrogens is 362 g/mol. The molecule has 1 aromatic heterocycles. The van der Waals surface area contributed by atoms with Crippen molar-refractivity contribution in [3.63, 3.8) is 0 Å². The summed E-state index contributed by atoms with van der Waals surface area (Å²) < 4.78 is 27.3. The number of amides is 1. The Kier molecular flexibility index (Phi) is 5.36. The summed E-state index contributed by atoms with van der Waals surface area (Å²) in [5, 5.41) is 2.95. The van der Waals surface area contributed by atoms with Gasteiger partial charge in [0.05, 0.1) is 11.3 Å². The third kappa shape index (κ3) is 4.00. The molecule has 1 aromatic carbocycles. The summed E-state index contributed by atoms with van der Waals surface area (Å²) in [6.07, 6.45) is 4.09. The molecule has 1 aliphatic rings. The molecule has 1 saturated heterocycles. The van der Waals surface area contributed by atoms with Crippen LogP contribution in [0.2, 0.25) is 5.15 Å². The Bertz CT molecular complexity index is 863. The smallest absolute Gasteiger partial charge is 0.257 e. The van der Waals surface area contributed by atoms with E-state index in [1.54, 1.807) is 18.2 Å². The highest BCUT2D eigenvalue weighted by Crippen LogP contribution is 2.27. The van der Waals surface area contributed by atoms with E-state index in [2.05, 4.69) is 10.3 Å². The number of nitrogens with one attached hydrogen (secondary N) is 1. The van der Waals surface area contributed by atoms with Gasteiger partial charge >= 0.3 is 0 Å². The molecule has 3 rings (SSSR count). The minimum atomic E-state index is -3.65. The fraction of sp³-hybridized carbons (Fsp3) is 0.294. The Morgan fingerprint density at radius 2 is 1.80 bits per heavy atom. The number of sulfonamides is 1. The maximum Gasteiger partial charge on any atom is 0.257 e. The first-order valence-electron chi connectivity index (χ1n) is 8.00. The van der Waals surface area contributed by atoms with Crippen molar-refractivity contribution in [3.8, 4) is 0 Å². The van der Waals surface area contributed by atoms with E-state index in [-0.39, 0.29) is 15.7 Å². The van der Waals surface area contributed by atoms with E-state index < -0.39 is 15.9 Å². The predicted octanol–water partition coefficient (Wildman–Crippen LogP) is 3.16. The van der Waals surface area contributed by atoms with Crippen LogP contribution in [0.3, 0.4) is 0 Å². The molecule has 0 radical (unpaired) electrons. The van der Waals surface area contributed by atoms with Crippen molar-refractivity contribution in [1.82, 2.24) is 9.29 Å². The van der Waals surface area contributed by atoms with Gasteiger partial charge in [-0.15, -0.1) is 0 Å². The van der Waals surface area contributed by atoms with Gasteiger partial charge in [-0.3, -0.25) is 4.79 Å². The molecule has 1 fully saturated rings. The van der Waals surface area contributed by atoms with E-state index in [1.165, 1.54) is 28.7 Å². The summed E-state index contributed by atoms with van der Waals surface area (Å²) in [5.74, 6) is -0.439. The lowest BCUT2D eigenvalue weighted by atomic mass is 10.2. The number of anilines is 1. The van der Waals surface area contributed by atoms with Gasteiger partial charge in [0, 0.05) is 19.3 Å². The van der Waals surface area contributed by atoms with Gasteiger partial charge in [0.2, 0.25) is 10.0 Å². The summed E-state index contributed by atoms with van der Waals surface area (Å²) >= 11 is 5.72. The van der Waals surface area contributed by atoms with E-state index in [4.69, 9.17) is 11.6 Å². The normalized spacial score (nSPS) is 15.7. The number of aromatic nitrogens is 1. The van der Waals surface area contributed by atoms with Crippen LogP contribution in [0.15, 0.2) is 47.5 Å². The lowest BCUT2D eigenvalue weighted by Gasteiger charge is -2.26. The Morgan fingerprint density at radius 1 is 1.08 bits per heavy atom. The highest BCUT2D eigenvalue weighted by molar-refractivity contribution is 7.89. The fourth-order valence-electron chi connectivity index (χ4n) is 2.74. The topological polar surface area (TPSA) is 79.4 Å². The Hall–Kier alpha value is -1.96. The third-order valence-electron chi connectivity index (χ3n) is 4.06. The minimum absolute atomic E-state index is 0.104. The summed E-state index contributed by atoms with van der Waals surface area (Å²) in [4.78, 5) is 16.3. The number of benzene rings is 1. The van der Waals surface area contributed by atoms with Crippen LogP contribution in [0.25, 0.3) is 0 Å². The molecule has 1 amide bonds. The molecular formula is C17H18ClN3O3S. The lowest BCUT2D eigenvalue weighted by Crippen LogP contribution is -2.36. The van der Waals surface area contributed by atoms with Gasteiger partial charge in [0.1, 0.15) is 10.0 Å². The average molecular weight is 380 g/mol. The highest BCUT2D eigenvalue weighted by atomic mass is 35.5. The Morgan fingerprint density at radius 3 is 2.48 bits per heavy atom. The van der Waals surface area contributed by atoms with Crippen LogP contribution < -0.4 is 5.32 Å². The average Bonchev–Trinajstić information content (AvgIpc) is 2.63. The van der Waals surface area contributed by atoms with Crippen molar-refractivity contribution in [2.75, 3.05) is 18.4 Å². The summed E-state index contributed by atoms with van der Waals surface area (Å²) in [7, 11) is -3.65. The number of pyridine rings is 1. The second-order valence-electron chi connectivity index (χ2n) is 5.78. The molecule has 2 heterocycles. The van der Waals surface area contributed by atoms with Gasteiger partial charge in [0.15, 0.2) is 0 Å². The highest BCUT2D eigenvalue weighted by Gasteiger charge is 2.28. The second kappa shape index (κ2) is 7.51. The minimum Gasteiger partial charge on any atom is -0.321 e. The van der Waals surface area contributed by atoms with Gasteiger partial charge in [-0.25, -0.2) is 13.4 Å². The molecule has 0 aliphatic carbocycles. The molecule has 0 atom stereocenters. The summed E-state index contributed by atoms with van der Waals surface area (Å²) in [6, 6.07) is 9.47. The predicted molar refractivity (Wildman–Crippen MR) is 96.3 cm³/mol. The molecule has 0 unspecified atom stereocenters. The molecule has 6 nitrogen and oxygen atoms in total. The third-order valence-corrected chi connectivity index (χ3v) is 6.24. The van der Waals surface area contributed by atoms with E-state index in [1.807, 2.05) is 0 Å². The number of hydrogen-bond acceptors (Lipinski definition) is 4. The van der Waals surface area contributed by atoms with Crippen molar-refractivity contribution in [2.45, 2.75) is 24.2 Å². The van der Waals surface area contributed by atoms with Crippen LogP contribution in [0, 0.1) is 0 Å². The quantitative estimate of drug-likeness (QED) is 0.827. The van der Waals surface area contributed by atoms with Crippen LogP contribution in [-0.2, 0) is 10.0 Å². The van der Waals surface area contributed by atoms with Crippen molar-refractivity contribution in [1.29, 1.82) is 0 Å². The molecule has 132 valence electrons. The zero-order valence-corrected chi connectivity index (χ0v) is 15.1. The Balaban J connectivity index is 1.88. The largest absolute Gasteiger partial charge is 0.321 e. The molecule has 25 heavy (non-hydrogen) atoms. The monoisotopic (exact) mass is 379 g/mol. The molecule has 2 aromatic rings. The summed E-state index contributed by atoms with van der Waals surface area (Å²) in [6.45, 7) is 1.01.